The molecule has 0 amide bonds. The Morgan fingerprint density at radius 1 is 1.24 bits per heavy atom. The molecule has 2 fully saturated rings. The molecule has 1 aliphatic heterocycles. The van der Waals surface area contributed by atoms with Crippen LogP contribution in [0.1, 0.15) is 44.4 Å². The number of hydrogen-bond acceptors (Lipinski definition) is 6. The molecule has 2 heterocycles. The Bertz CT molecular complexity index is 431. The van der Waals surface area contributed by atoms with Crippen molar-refractivity contribution in [3.05, 3.63) is 5.89 Å². The van der Waals surface area contributed by atoms with Gasteiger partial charge in [0.2, 0.25) is 5.89 Å². The molecule has 0 radical (unpaired) electrons. The van der Waals surface area contributed by atoms with Gasteiger partial charge in [0.25, 0.3) is 0 Å². The average molecular weight is 294 g/mol. The number of nitrogens with one attached hydrogen (secondary N) is 1. The topological polar surface area (TPSA) is 63.4 Å². The number of aromatic nitrogens is 2. The van der Waals surface area contributed by atoms with Gasteiger partial charge >= 0.3 is 6.01 Å². The predicted molar refractivity (Wildman–Crippen MR) is 80.2 cm³/mol. The Hall–Kier alpha value is -1.14. The highest BCUT2D eigenvalue weighted by Crippen LogP contribution is 2.37. The first kappa shape index (κ1) is 14.8. The molecule has 1 atom stereocenters. The summed E-state index contributed by atoms with van der Waals surface area (Å²) in [5, 5.41) is 11.6. The largest absolute Gasteiger partial charge is 0.407 e. The van der Waals surface area contributed by atoms with Crippen LogP contribution in [-0.2, 0) is 11.3 Å². The summed E-state index contributed by atoms with van der Waals surface area (Å²) in [5.74, 6) is 1.49. The number of methoxy groups -OCH3 is 1. The van der Waals surface area contributed by atoms with Gasteiger partial charge in [-0.05, 0) is 31.6 Å². The van der Waals surface area contributed by atoms with Crippen molar-refractivity contribution in [2.45, 2.75) is 51.1 Å². The second-order valence-corrected chi connectivity index (χ2v) is 6.10. The molecule has 0 aromatic carbocycles. The molecule has 21 heavy (non-hydrogen) atoms. The first-order valence-corrected chi connectivity index (χ1v) is 8.17. The van der Waals surface area contributed by atoms with Gasteiger partial charge in [0, 0.05) is 26.2 Å². The maximum atomic E-state index is 5.84. The zero-order valence-electron chi connectivity index (χ0n) is 12.9. The number of nitrogens with zero attached hydrogens (tertiary/aromatic N) is 3. The SMILES string of the molecule is COCCNCc1nnc(N2CCCC2C2CCCC2)o1. The van der Waals surface area contributed by atoms with Gasteiger partial charge in [0.15, 0.2) is 0 Å². The van der Waals surface area contributed by atoms with E-state index < -0.39 is 0 Å². The number of ether oxygens (including phenoxy) is 1. The summed E-state index contributed by atoms with van der Waals surface area (Å²) in [4.78, 5) is 2.35. The lowest BCUT2D eigenvalue weighted by molar-refractivity contribution is 0.198. The van der Waals surface area contributed by atoms with Crippen LogP contribution in [0.5, 0.6) is 0 Å². The maximum absolute atomic E-state index is 5.84. The Labute approximate surface area is 126 Å². The lowest BCUT2D eigenvalue weighted by Crippen LogP contribution is -2.34. The van der Waals surface area contributed by atoms with E-state index in [9.17, 15) is 0 Å². The molecule has 1 saturated heterocycles. The summed E-state index contributed by atoms with van der Waals surface area (Å²) in [6, 6.07) is 1.33. The van der Waals surface area contributed by atoms with Crippen LogP contribution >= 0.6 is 0 Å². The van der Waals surface area contributed by atoms with E-state index in [0.29, 0.717) is 31.1 Å². The highest BCUT2D eigenvalue weighted by atomic mass is 16.5. The minimum Gasteiger partial charge on any atom is -0.407 e. The van der Waals surface area contributed by atoms with Gasteiger partial charge in [-0.15, -0.1) is 5.10 Å². The molecule has 1 aromatic rings. The van der Waals surface area contributed by atoms with Gasteiger partial charge in [0.05, 0.1) is 13.2 Å². The summed E-state index contributed by atoms with van der Waals surface area (Å²) in [7, 11) is 1.70. The van der Waals surface area contributed by atoms with E-state index in [1.807, 2.05) is 0 Å². The lowest BCUT2D eigenvalue weighted by atomic mass is 9.96. The quantitative estimate of drug-likeness (QED) is 0.776. The first-order chi connectivity index (χ1) is 10.4. The number of rotatable bonds is 7. The molecular formula is C15H26N4O2. The van der Waals surface area contributed by atoms with Crippen molar-refractivity contribution in [1.29, 1.82) is 0 Å². The summed E-state index contributed by atoms with van der Waals surface area (Å²) >= 11 is 0. The fourth-order valence-corrected chi connectivity index (χ4v) is 3.66. The molecule has 3 rings (SSSR count). The summed E-state index contributed by atoms with van der Waals surface area (Å²) in [5.41, 5.74) is 0. The monoisotopic (exact) mass is 294 g/mol. The molecule has 2 aliphatic rings. The van der Waals surface area contributed by atoms with Crippen molar-refractivity contribution in [3.63, 3.8) is 0 Å². The predicted octanol–water partition coefficient (Wildman–Crippen LogP) is 1.96. The van der Waals surface area contributed by atoms with Crippen molar-refractivity contribution in [2.75, 3.05) is 31.7 Å². The van der Waals surface area contributed by atoms with Crippen LogP contribution in [-0.4, -0.2) is 43.0 Å². The molecule has 118 valence electrons. The van der Waals surface area contributed by atoms with E-state index in [4.69, 9.17) is 9.15 Å². The van der Waals surface area contributed by atoms with Gasteiger partial charge in [-0.25, -0.2) is 0 Å². The normalized spacial score (nSPS) is 23.3. The van der Waals surface area contributed by atoms with Crippen LogP contribution in [0.4, 0.5) is 6.01 Å². The molecule has 0 spiro atoms. The lowest BCUT2D eigenvalue weighted by Gasteiger charge is -2.27. The second-order valence-electron chi connectivity index (χ2n) is 6.10. The molecule has 6 nitrogen and oxygen atoms in total. The third kappa shape index (κ3) is 3.55. The van der Waals surface area contributed by atoms with Crippen LogP contribution in [0, 0.1) is 5.92 Å². The minimum absolute atomic E-state index is 0.609. The highest BCUT2D eigenvalue weighted by molar-refractivity contribution is 5.29. The summed E-state index contributed by atoms with van der Waals surface area (Å²) in [6.07, 6.45) is 8.00. The van der Waals surface area contributed by atoms with E-state index in [0.717, 1.165) is 19.0 Å². The highest BCUT2D eigenvalue weighted by Gasteiger charge is 2.35. The van der Waals surface area contributed by atoms with Gasteiger partial charge in [-0.3, -0.25) is 0 Å². The third-order valence-electron chi connectivity index (χ3n) is 4.70. The van der Waals surface area contributed by atoms with Crippen LogP contribution in [0.25, 0.3) is 0 Å². The van der Waals surface area contributed by atoms with Crippen LogP contribution in [0.15, 0.2) is 4.42 Å². The zero-order chi connectivity index (χ0) is 14.5. The van der Waals surface area contributed by atoms with Crippen molar-refractivity contribution in [3.8, 4) is 0 Å². The van der Waals surface area contributed by atoms with Crippen LogP contribution in [0.2, 0.25) is 0 Å². The molecule has 1 saturated carbocycles. The van der Waals surface area contributed by atoms with Crippen molar-refractivity contribution in [2.24, 2.45) is 5.92 Å². The van der Waals surface area contributed by atoms with Gasteiger partial charge in [0.1, 0.15) is 0 Å². The van der Waals surface area contributed by atoms with Crippen molar-refractivity contribution >= 4 is 6.01 Å². The maximum Gasteiger partial charge on any atom is 0.318 e. The molecule has 6 heteroatoms. The summed E-state index contributed by atoms with van der Waals surface area (Å²) < 4.78 is 10.8. The molecular weight excluding hydrogens is 268 g/mol. The van der Waals surface area contributed by atoms with Crippen molar-refractivity contribution < 1.29 is 9.15 Å². The van der Waals surface area contributed by atoms with E-state index in [1.54, 1.807) is 7.11 Å². The third-order valence-corrected chi connectivity index (χ3v) is 4.70. The molecule has 1 aromatic heterocycles. The average Bonchev–Trinajstić information content (AvgIpc) is 3.22. The molecule has 1 aliphatic carbocycles. The smallest absolute Gasteiger partial charge is 0.318 e. The standard InChI is InChI=1S/C15H26N4O2/c1-20-10-8-16-11-14-17-18-15(21-14)19-9-4-7-13(19)12-5-2-3-6-12/h12-13,16H,2-11H2,1H3. The summed E-state index contributed by atoms with van der Waals surface area (Å²) in [6.45, 7) is 3.15. The minimum atomic E-state index is 0.609. The Morgan fingerprint density at radius 3 is 2.90 bits per heavy atom. The Balaban J connectivity index is 1.56. The second kappa shape index (κ2) is 7.22. The van der Waals surface area contributed by atoms with E-state index in [-0.39, 0.29) is 0 Å². The van der Waals surface area contributed by atoms with Crippen molar-refractivity contribution in [1.82, 2.24) is 15.5 Å². The van der Waals surface area contributed by atoms with E-state index >= 15 is 0 Å². The van der Waals surface area contributed by atoms with Gasteiger partial charge in [-0.2, -0.15) is 0 Å². The van der Waals surface area contributed by atoms with Crippen LogP contribution in [0.3, 0.4) is 0 Å². The fraction of sp³-hybridized carbons (Fsp3) is 0.867. The Kier molecular flexibility index (Phi) is 5.08. The Morgan fingerprint density at radius 2 is 2.10 bits per heavy atom. The molecule has 0 bridgehead atoms. The van der Waals surface area contributed by atoms with Gasteiger partial charge in [-0.1, -0.05) is 17.9 Å². The van der Waals surface area contributed by atoms with E-state index in [1.165, 1.54) is 38.5 Å². The van der Waals surface area contributed by atoms with Gasteiger partial charge < -0.3 is 19.4 Å². The fourth-order valence-electron chi connectivity index (χ4n) is 3.66. The first-order valence-electron chi connectivity index (χ1n) is 8.17. The molecule has 1 unspecified atom stereocenters. The zero-order valence-corrected chi connectivity index (χ0v) is 12.9. The van der Waals surface area contributed by atoms with Crippen LogP contribution < -0.4 is 10.2 Å². The number of hydrogen-bond donors (Lipinski definition) is 1. The number of anilines is 1. The van der Waals surface area contributed by atoms with E-state index in [2.05, 4.69) is 20.4 Å². The molecule has 1 N–H and O–H groups in total.